The summed E-state index contributed by atoms with van der Waals surface area (Å²) in [5.74, 6) is 0. The molecule has 0 aromatic rings. The highest BCUT2D eigenvalue weighted by Gasteiger charge is 2.52. The van der Waals surface area contributed by atoms with Crippen LogP contribution in [0.15, 0.2) is 0 Å². The lowest BCUT2D eigenvalue weighted by Crippen LogP contribution is -2.55. The molecule has 0 N–H and O–H groups in total. The van der Waals surface area contributed by atoms with Crippen LogP contribution >= 0.6 is 12.6 Å². The van der Waals surface area contributed by atoms with E-state index in [1.807, 2.05) is 41.5 Å². The number of thiol groups is 1. The van der Waals surface area contributed by atoms with Gasteiger partial charge in [0, 0.05) is 18.3 Å². The predicted molar refractivity (Wildman–Crippen MR) is 77.8 cm³/mol. The summed E-state index contributed by atoms with van der Waals surface area (Å²) in [5.41, 5.74) is -0.479. The minimum absolute atomic E-state index is 0.0655. The topological polar surface area (TPSA) is 44.8 Å². The molecule has 0 aliphatic rings. The molecule has 0 aromatic carbocycles. The average Bonchev–Trinajstić information content (AvgIpc) is 2.12. The molecule has 6 heteroatoms. The Bertz CT molecular complexity index is 242. The van der Waals surface area contributed by atoms with Crippen molar-refractivity contribution in [2.24, 2.45) is 0 Å². The summed E-state index contributed by atoms with van der Waals surface area (Å²) in [6.45, 7) is 13.2. The monoisotopic (exact) mass is 294 g/mol. The van der Waals surface area contributed by atoms with E-state index in [-0.39, 0.29) is 23.4 Å². The highest BCUT2D eigenvalue weighted by atomic mass is 32.1. The highest BCUT2D eigenvalue weighted by Crippen LogP contribution is 2.31. The number of hydrogen-bond acceptors (Lipinski definition) is 4. The van der Waals surface area contributed by atoms with Crippen molar-refractivity contribution >= 4 is 26.5 Å². The molecule has 0 saturated carbocycles. The van der Waals surface area contributed by atoms with Crippen LogP contribution in [0.3, 0.4) is 0 Å². The summed E-state index contributed by atoms with van der Waals surface area (Å²) in [4.78, 5) is 11.6. The van der Waals surface area contributed by atoms with Gasteiger partial charge >= 0.3 is 8.80 Å². The SMILES string of the molecule is CC(C)O[Si](OC(C)C)(OC(C)C)C(C)C(=O)S. The normalized spacial score (nSPS) is 14.6. The second kappa shape index (κ2) is 7.64. The zero-order valence-corrected chi connectivity index (χ0v) is 14.3. The summed E-state index contributed by atoms with van der Waals surface area (Å²) in [6, 6.07) is 0. The fourth-order valence-corrected chi connectivity index (χ4v) is 5.05. The van der Waals surface area contributed by atoms with E-state index in [0.717, 1.165) is 0 Å². The van der Waals surface area contributed by atoms with Gasteiger partial charge < -0.3 is 13.3 Å². The Balaban J connectivity index is 5.29. The summed E-state index contributed by atoms with van der Waals surface area (Å²) in [5, 5.41) is -0.261. The van der Waals surface area contributed by atoms with Gasteiger partial charge in [-0.1, -0.05) is 6.92 Å². The van der Waals surface area contributed by atoms with E-state index in [4.69, 9.17) is 13.3 Å². The van der Waals surface area contributed by atoms with E-state index >= 15 is 0 Å². The van der Waals surface area contributed by atoms with Crippen molar-refractivity contribution in [3.63, 3.8) is 0 Å². The molecule has 1 unspecified atom stereocenters. The molecule has 0 rings (SSSR count). The Morgan fingerprint density at radius 3 is 1.28 bits per heavy atom. The van der Waals surface area contributed by atoms with Crippen LogP contribution in [-0.4, -0.2) is 32.2 Å². The quantitative estimate of drug-likeness (QED) is 0.552. The first-order valence-electron chi connectivity index (χ1n) is 6.37. The van der Waals surface area contributed by atoms with Gasteiger partial charge in [0.15, 0.2) is 5.12 Å². The Kier molecular flexibility index (Phi) is 7.69. The molecule has 0 aromatic heterocycles. The molecule has 0 spiro atoms. The third-order valence-electron chi connectivity index (χ3n) is 2.10. The van der Waals surface area contributed by atoms with Gasteiger partial charge in [-0.25, -0.2) is 0 Å². The van der Waals surface area contributed by atoms with Crippen molar-refractivity contribution in [1.29, 1.82) is 0 Å². The molecule has 0 bridgehead atoms. The Morgan fingerprint density at radius 1 is 0.833 bits per heavy atom. The van der Waals surface area contributed by atoms with E-state index < -0.39 is 14.3 Å². The van der Waals surface area contributed by atoms with Crippen LogP contribution in [0.25, 0.3) is 0 Å². The van der Waals surface area contributed by atoms with Crippen molar-refractivity contribution in [3.8, 4) is 0 Å². The second-order valence-corrected chi connectivity index (χ2v) is 8.38. The molecular weight excluding hydrogens is 268 g/mol. The molecule has 4 nitrogen and oxygen atoms in total. The van der Waals surface area contributed by atoms with Crippen molar-refractivity contribution in [2.45, 2.75) is 72.3 Å². The van der Waals surface area contributed by atoms with Crippen molar-refractivity contribution in [3.05, 3.63) is 0 Å². The first kappa shape index (κ1) is 18.1. The van der Waals surface area contributed by atoms with Crippen LogP contribution in [0.4, 0.5) is 0 Å². The van der Waals surface area contributed by atoms with Crippen molar-refractivity contribution in [1.82, 2.24) is 0 Å². The van der Waals surface area contributed by atoms with Crippen LogP contribution in [0.5, 0.6) is 0 Å². The zero-order chi connectivity index (χ0) is 14.5. The van der Waals surface area contributed by atoms with Crippen LogP contribution in [0.1, 0.15) is 48.5 Å². The Labute approximate surface area is 117 Å². The summed E-state index contributed by atoms with van der Waals surface area (Å²) < 4.78 is 17.7. The van der Waals surface area contributed by atoms with E-state index in [1.165, 1.54) is 0 Å². The molecule has 0 aliphatic heterocycles. The molecule has 0 fully saturated rings. The maximum absolute atomic E-state index is 11.6. The number of hydrogen-bond donors (Lipinski definition) is 1. The van der Waals surface area contributed by atoms with Crippen LogP contribution < -0.4 is 0 Å². The molecule has 108 valence electrons. The van der Waals surface area contributed by atoms with Crippen molar-refractivity contribution in [2.75, 3.05) is 0 Å². The van der Waals surface area contributed by atoms with Gasteiger partial charge in [0.1, 0.15) is 0 Å². The molecule has 0 aliphatic carbocycles. The van der Waals surface area contributed by atoms with Gasteiger partial charge in [0.25, 0.3) is 0 Å². The molecule has 0 heterocycles. The van der Waals surface area contributed by atoms with E-state index in [2.05, 4.69) is 12.6 Å². The van der Waals surface area contributed by atoms with Gasteiger partial charge in [0.05, 0.1) is 5.54 Å². The number of carbonyl (C=O) groups is 1. The first-order valence-corrected chi connectivity index (χ1v) is 8.62. The fourth-order valence-electron chi connectivity index (χ4n) is 1.53. The maximum Gasteiger partial charge on any atom is 0.513 e. The summed E-state index contributed by atoms with van der Waals surface area (Å²) in [6.07, 6.45) is -0.196. The highest BCUT2D eigenvalue weighted by molar-refractivity contribution is 7.97. The van der Waals surface area contributed by atoms with Gasteiger partial charge in [-0.05, 0) is 41.5 Å². The lowest BCUT2D eigenvalue weighted by atomic mass is 10.5. The minimum Gasteiger partial charge on any atom is -0.371 e. The molecule has 18 heavy (non-hydrogen) atoms. The third-order valence-corrected chi connectivity index (χ3v) is 6.45. The first-order chi connectivity index (χ1) is 8.10. The predicted octanol–water partition coefficient (Wildman–Crippen LogP) is 3.05. The lowest BCUT2D eigenvalue weighted by Gasteiger charge is -2.37. The lowest BCUT2D eigenvalue weighted by molar-refractivity contribution is -0.112. The fraction of sp³-hybridized carbons (Fsp3) is 0.917. The zero-order valence-electron chi connectivity index (χ0n) is 12.4. The Hall–Kier alpha value is 0.117. The van der Waals surface area contributed by atoms with E-state index in [9.17, 15) is 4.79 Å². The van der Waals surface area contributed by atoms with Crippen LogP contribution in [0.2, 0.25) is 5.54 Å². The molecule has 0 amide bonds. The molecular formula is C12H26O4SSi. The van der Waals surface area contributed by atoms with Crippen LogP contribution in [-0.2, 0) is 18.1 Å². The van der Waals surface area contributed by atoms with Gasteiger partial charge in [0.2, 0.25) is 0 Å². The molecule has 1 atom stereocenters. The number of rotatable bonds is 8. The van der Waals surface area contributed by atoms with Gasteiger partial charge in [-0.2, -0.15) is 0 Å². The second-order valence-electron chi connectivity index (χ2n) is 5.16. The van der Waals surface area contributed by atoms with Gasteiger partial charge in [-0.3, -0.25) is 4.79 Å². The number of carbonyl (C=O) groups excluding carboxylic acids is 1. The Morgan fingerprint density at radius 2 is 1.11 bits per heavy atom. The maximum atomic E-state index is 11.6. The van der Waals surface area contributed by atoms with Gasteiger partial charge in [-0.15, -0.1) is 12.6 Å². The summed E-state index contributed by atoms with van der Waals surface area (Å²) in [7, 11) is -3.08. The smallest absolute Gasteiger partial charge is 0.371 e. The largest absolute Gasteiger partial charge is 0.513 e. The summed E-state index contributed by atoms with van der Waals surface area (Å²) >= 11 is 3.91. The van der Waals surface area contributed by atoms with Crippen LogP contribution in [0, 0.1) is 0 Å². The molecule has 0 saturated heterocycles. The van der Waals surface area contributed by atoms with Crippen molar-refractivity contribution < 1.29 is 18.1 Å². The van der Waals surface area contributed by atoms with E-state index in [0.29, 0.717) is 0 Å². The average molecular weight is 294 g/mol. The standard InChI is InChI=1S/C12H26O4SSi/c1-8(2)14-18(15-9(3)4,16-10(5)6)11(7)12(13)17/h8-11H,1-7H3,(H,13,17). The third kappa shape index (κ3) is 5.84. The van der Waals surface area contributed by atoms with E-state index in [1.54, 1.807) is 6.92 Å². The minimum atomic E-state index is -3.08. The molecule has 0 radical (unpaired) electrons.